The van der Waals surface area contributed by atoms with Crippen LogP contribution in [0, 0.1) is 0 Å². The van der Waals surface area contributed by atoms with E-state index in [1.807, 2.05) is 0 Å². The standard InChI is InChI=1S/C14H21N3O4/c1-16(11-14(19)17-4-7-20-8-5-17)10-13(18)15-9-12-3-2-6-21-12/h2-3,6H,4-5,7-11H2,1H3,(H,15,18). The first-order valence-corrected chi connectivity index (χ1v) is 6.98. The molecule has 1 aromatic heterocycles. The molecule has 1 aliphatic heterocycles. The van der Waals surface area contributed by atoms with Crippen LogP contribution in [0.15, 0.2) is 22.8 Å². The van der Waals surface area contributed by atoms with Crippen LogP contribution in [0.5, 0.6) is 0 Å². The SMILES string of the molecule is CN(CC(=O)NCc1ccco1)CC(=O)N1CCOCC1. The molecule has 1 aliphatic rings. The predicted molar refractivity (Wildman–Crippen MR) is 75.5 cm³/mol. The van der Waals surface area contributed by atoms with E-state index in [1.54, 1.807) is 35.2 Å². The molecule has 0 bridgehead atoms. The zero-order chi connectivity index (χ0) is 15.1. The summed E-state index contributed by atoms with van der Waals surface area (Å²) in [5.74, 6) is 0.596. The molecular formula is C14H21N3O4. The monoisotopic (exact) mass is 295 g/mol. The fourth-order valence-corrected chi connectivity index (χ4v) is 2.10. The van der Waals surface area contributed by atoms with Gasteiger partial charge >= 0.3 is 0 Å². The third kappa shape index (κ3) is 5.20. The third-order valence-corrected chi connectivity index (χ3v) is 3.22. The van der Waals surface area contributed by atoms with E-state index in [2.05, 4.69) is 5.32 Å². The van der Waals surface area contributed by atoms with Crippen molar-refractivity contribution in [1.82, 2.24) is 15.1 Å². The van der Waals surface area contributed by atoms with Crippen LogP contribution in [0.1, 0.15) is 5.76 Å². The molecule has 0 unspecified atom stereocenters. The fraction of sp³-hybridized carbons (Fsp3) is 0.571. The van der Waals surface area contributed by atoms with Crippen molar-refractivity contribution < 1.29 is 18.7 Å². The smallest absolute Gasteiger partial charge is 0.236 e. The normalized spacial score (nSPS) is 15.2. The Morgan fingerprint density at radius 2 is 2.10 bits per heavy atom. The average molecular weight is 295 g/mol. The largest absolute Gasteiger partial charge is 0.467 e. The Hall–Kier alpha value is -1.86. The van der Waals surface area contributed by atoms with Crippen LogP contribution in [-0.2, 0) is 20.9 Å². The fourth-order valence-electron chi connectivity index (χ4n) is 2.10. The number of furan rings is 1. The van der Waals surface area contributed by atoms with Gasteiger partial charge in [0.25, 0.3) is 0 Å². The van der Waals surface area contributed by atoms with Gasteiger partial charge in [-0.1, -0.05) is 0 Å². The quantitative estimate of drug-likeness (QED) is 0.779. The van der Waals surface area contributed by atoms with E-state index < -0.39 is 0 Å². The molecule has 1 N–H and O–H groups in total. The number of nitrogens with one attached hydrogen (secondary N) is 1. The lowest BCUT2D eigenvalue weighted by atomic mass is 10.3. The highest BCUT2D eigenvalue weighted by Crippen LogP contribution is 2.00. The van der Waals surface area contributed by atoms with Gasteiger partial charge in [-0.15, -0.1) is 0 Å². The highest BCUT2D eigenvalue weighted by atomic mass is 16.5. The van der Waals surface area contributed by atoms with Crippen LogP contribution < -0.4 is 5.32 Å². The predicted octanol–water partition coefficient (Wildman–Crippen LogP) is -0.314. The van der Waals surface area contributed by atoms with Crippen LogP contribution in [0.3, 0.4) is 0 Å². The molecule has 0 saturated carbocycles. The Morgan fingerprint density at radius 3 is 2.76 bits per heavy atom. The number of carbonyl (C=O) groups excluding carboxylic acids is 2. The van der Waals surface area contributed by atoms with E-state index in [9.17, 15) is 9.59 Å². The van der Waals surface area contributed by atoms with Crippen LogP contribution >= 0.6 is 0 Å². The van der Waals surface area contributed by atoms with Crippen molar-refractivity contribution in [2.24, 2.45) is 0 Å². The summed E-state index contributed by atoms with van der Waals surface area (Å²) < 4.78 is 10.3. The van der Waals surface area contributed by atoms with Gasteiger partial charge in [-0.3, -0.25) is 14.5 Å². The second kappa shape index (κ2) is 7.80. The van der Waals surface area contributed by atoms with Crippen LogP contribution in [0.25, 0.3) is 0 Å². The number of nitrogens with zero attached hydrogens (tertiary/aromatic N) is 2. The number of likely N-dealkylation sites (N-methyl/N-ethyl adjacent to an activating group) is 1. The van der Waals surface area contributed by atoms with Crippen molar-refractivity contribution in [2.45, 2.75) is 6.54 Å². The highest BCUT2D eigenvalue weighted by Gasteiger charge is 2.19. The summed E-state index contributed by atoms with van der Waals surface area (Å²) >= 11 is 0. The van der Waals surface area contributed by atoms with Crippen LogP contribution in [0.4, 0.5) is 0 Å². The van der Waals surface area contributed by atoms with Crippen LogP contribution in [0.2, 0.25) is 0 Å². The molecule has 116 valence electrons. The summed E-state index contributed by atoms with van der Waals surface area (Å²) in [4.78, 5) is 27.3. The lowest BCUT2D eigenvalue weighted by molar-refractivity contribution is -0.136. The Balaban J connectivity index is 1.66. The molecule has 1 saturated heterocycles. The molecule has 7 nitrogen and oxygen atoms in total. The maximum absolute atomic E-state index is 12.0. The molecule has 1 aromatic rings. The van der Waals surface area contributed by atoms with Crippen molar-refractivity contribution in [3.63, 3.8) is 0 Å². The molecule has 0 radical (unpaired) electrons. The molecule has 21 heavy (non-hydrogen) atoms. The Labute approximate surface area is 123 Å². The molecule has 0 atom stereocenters. The number of ether oxygens (including phenoxy) is 1. The molecular weight excluding hydrogens is 274 g/mol. The first-order valence-electron chi connectivity index (χ1n) is 6.98. The third-order valence-electron chi connectivity index (χ3n) is 3.22. The zero-order valence-electron chi connectivity index (χ0n) is 12.2. The second-order valence-electron chi connectivity index (χ2n) is 5.02. The number of hydrogen-bond acceptors (Lipinski definition) is 5. The molecule has 2 heterocycles. The summed E-state index contributed by atoms with van der Waals surface area (Å²) in [6.45, 7) is 3.18. The minimum absolute atomic E-state index is 0.0274. The van der Waals surface area contributed by atoms with E-state index in [0.29, 0.717) is 38.6 Å². The molecule has 7 heteroatoms. The summed E-state index contributed by atoms with van der Waals surface area (Å²) in [6.07, 6.45) is 1.56. The van der Waals surface area contributed by atoms with Gasteiger partial charge in [0.1, 0.15) is 5.76 Å². The number of amides is 2. The average Bonchev–Trinajstić information content (AvgIpc) is 2.99. The highest BCUT2D eigenvalue weighted by molar-refractivity contribution is 5.81. The maximum atomic E-state index is 12.0. The minimum Gasteiger partial charge on any atom is -0.467 e. The Kier molecular flexibility index (Phi) is 5.77. The molecule has 0 spiro atoms. The minimum atomic E-state index is -0.135. The van der Waals surface area contributed by atoms with E-state index in [0.717, 1.165) is 0 Å². The molecule has 0 aliphatic carbocycles. The lowest BCUT2D eigenvalue weighted by Crippen LogP contribution is -2.46. The number of hydrogen-bond donors (Lipinski definition) is 1. The van der Waals surface area contributed by atoms with Gasteiger partial charge in [-0.25, -0.2) is 0 Å². The van der Waals surface area contributed by atoms with Gasteiger partial charge in [0.15, 0.2) is 0 Å². The Bertz CT molecular complexity index is 455. The summed E-state index contributed by atoms with van der Waals surface area (Å²) in [6, 6.07) is 3.57. The first kappa shape index (κ1) is 15.5. The van der Waals surface area contributed by atoms with E-state index >= 15 is 0 Å². The molecule has 2 rings (SSSR count). The van der Waals surface area contributed by atoms with Gasteiger partial charge < -0.3 is 19.4 Å². The summed E-state index contributed by atoms with van der Waals surface area (Å²) in [5, 5.41) is 2.75. The van der Waals surface area contributed by atoms with Crippen LogP contribution in [-0.4, -0.2) is 68.1 Å². The van der Waals surface area contributed by atoms with Gasteiger partial charge in [-0.2, -0.15) is 0 Å². The maximum Gasteiger partial charge on any atom is 0.236 e. The van der Waals surface area contributed by atoms with Gasteiger partial charge in [0, 0.05) is 13.1 Å². The Morgan fingerprint density at radius 1 is 1.33 bits per heavy atom. The van der Waals surface area contributed by atoms with Gasteiger partial charge in [0.2, 0.25) is 11.8 Å². The van der Waals surface area contributed by atoms with E-state index in [1.165, 1.54) is 0 Å². The summed E-state index contributed by atoms with van der Waals surface area (Å²) in [7, 11) is 1.75. The number of morpholine rings is 1. The van der Waals surface area contributed by atoms with Crippen molar-refractivity contribution >= 4 is 11.8 Å². The van der Waals surface area contributed by atoms with Gasteiger partial charge in [-0.05, 0) is 19.2 Å². The van der Waals surface area contributed by atoms with E-state index in [4.69, 9.17) is 9.15 Å². The lowest BCUT2D eigenvalue weighted by Gasteiger charge is -2.28. The number of carbonyl (C=O) groups is 2. The van der Waals surface area contributed by atoms with Crippen molar-refractivity contribution in [1.29, 1.82) is 0 Å². The molecule has 0 aromatic carbocycles. The first-order chi connectivity index (χ1) is 10.1. The van der Waals surface area contributed by atoms with Crippen molar-refractivity contribution in [2.75, 3.05) is 46.4 Å². The number of rotatable bonds is 6. The molecule has 2 amide bonds. The zero-order valence-corrected chi connectivity index (χ0v) is 12.2. The summed E-state index contributed by atoms with van der Waals surface area (Å²) in [5.41, 5.74) is 0. The molecule has 1 fully saturated rings. The van der Waals surface area contributed by atoms with E-state index in [-0.39, 0.29) is 24.9 Å². The topological polar surface area (TPSA) is 75.0 Å². The van der Waals surface area contributed by atoms with Gasteiger partial charge in [0.05, 0.1) is 39.1 Å². The second-order valence-corrected chi connectivity index (χ2v) is 5.02. The van der Waals surface area contributed by atoms with Crippen molar-refractivity contribution in [3.8, 4) is 0 Å². The van der Waals surface area contributed by atoms with Crippen molar-refractivity contribution in [3.05, 3.63) is 24.2 Å².